The van der Waals surface area contributed by atoms with E-state index in [2.05, 4.69) is 96.4 Å². The molecule has 1 aliphatic rings. The SMILES string of the molecule is C1=C(c2ccccc2)SC(Cc2ccccc2)(Cc2ccccc2)S1. The molecule has 0 spiro atoms. The van der Waals surface area contributed by atoms with Crippen molar-refractivity contribution < 1.29 is 0 Å². The predicted molar refractivity (Wildman–Crippen MR) is 113 cm³/mol. The maximum Gasteiger partial charge on any atom is 0.0780 e. The average Bonchev–Trinajstić information content (AvgIpc) is 3.08. The van der Waals surface area contributed by atoms with Gasteiger partial charge >= 0.3 is 0 Å². The summed E-state index contributed by atoms with van der Waals surface area (Å²) in [5.74, 6) is 0. The van der Waals surface area contributed by atoms with E-state index in [1.807, 2.05) is 23.5 Å². The van der Waals surface area contributed by atoms with Crippen LogP contribution in [0, 0.1) is 0 Å². The lowest BCUT2D eigenvalue weighted by molar-refractivity contribution is 0.793. The maximum absolute atomic E-state index is 2.35. The lowest BCUT2D eigenvalue weighted by Crippen LogP contribution is -2.24. The Morgan fingerprint density at radius 3 is 1.60 bits per heavy atom. The summed E-state index contributed by atoms with van der Waals surface area (Å²) in [6.45, 7) is 0. The van der Waals surface area contributed by atoms with Crippen molar-refractivity contribution in [3.8, 4) is 0 Å². The molecule has 124 valence electrons. The number of thioether (sulfide) groups is 2. The van der Waals surface area contributed by atoms with E-state index in [-0.39, 0.29) is 4.08 Å². The lowest BCUT2D eigenvalue weighted by atomic mass is 10.0. The normalized spacial score (nSPS) is 15.8. The Labute approximate surface area is 158 Å². The van der Waals surface area contributed by atoms with Gasteiger partial charge in [0, 0.05) is 4.91 Å². The topological polar surface area (TPSA) is 0 Å². The van der Waals surface area contributed by atoms with Gasteiger partial charge < -0.3 is 0 Å². The molecule has 0 bridgehead atoms. The molecule has 0 N–H and O–H groups in total. The number of hydrogen-bond donors (Lipinski definition) is 0. The van der Waals surface area contributed by atoms with Crippen LogP contribution in [-0.4, -0.2) is 4.08 Å². The van der Waals surface area contributed by atoms with Crippen LogP contribution in [0.2, 0.25) is 0 Å². The first-order chi connectivity index (χ1) is 12.3. The molecule has 0 amide bonds. The molecule has 3 aromatic rings. The molecule has 0 saturated carbocycles. The van der Waals surface area contributed by atoms with Crippen LogP contribution in [0.1, 0.15) is 16.7 Å². The van der Waals surface area contributed by atoms with Crippen molar-refractivity contribution in [3.63, 3.8) is 0 Å². The van der Waals surface area contributed by atoms with Crippen LogP contribution in [0.5, 0.6) is 0 Å². The Bertz CT molecular complexity index is 798. The van der Waals surface area contributed by atoms with E-state index in [1.54, 1.807) is 0 Å². The second-order valence-electron chi connectivity index (χ2n) is 6.30. The summed E-state index contributed by atoms with van der Waals surface area (Å²) < 4.78 is 0.119. The minimum absolute atomic E-state index is 0.119. The van der Waals surface area contributed by atoms with E-state index >= 15 is 0 Å². The Morgan fingerprint density at radius 2 is 1.08 bits per heavy atom. The van der Waals surface area contributed by atoms with Gasteiger partial charge in [0.25, 0.3) is 0 Å². The molecule has 0 nitrogen and oxygen atoms in total. The first kappa shape index (κ1) is 16.6. The Hall–Kier alpha value is -1.90. The first-order valence-electron chi connectivity index (χ1n) is 8.53. The molecule has 1 aliphatic heterocycles. The molecular weight excluding hydrogens is 340 g/mol. The van der Waals surface area contributed by atoms with E-state index in [9.17, 15) is 0 Å². The molecule has 0 aromatic heterocycles. The monoisotopic (exact) mass is 360 g/mol. The molecule has 25 heavy (non-hydrogen) atoms. The van der Waals surface area contributed by atoms with Crippen molar-refractivity contribution in [3.05, 3.63) is 113 Å². The molecule has 0 aliphatic carbocycles. The third kappa shape index (κ3) is 4.02. The highest BCUT2D eigenvalue weighted by Crippen LogP contribution is 2.56. The molecule has 0 saturated heterocycles. The average molecular weight is 361 g/mol. The van der Waals surface area contributed by atoms with Gasteiger partial charge in [0.2, 0.25) is 0 Å². The zero-order chi connectivity index (χ0) is 17.0. The first-order valence-corrected chi connectivity index (χ1v) is 10.2. The zero-order valence-electron chi connectivity index (χ0n) is 14.0. The largest absolute Gasteiger partial charge is 0.114 e. The maximum atomic E-state index is 2.35. The van der Waals surface area contributed by atoms with E-state index < -0.39 is 0 Å². The lowest BCUT2D eigenvalue weighted by Gasteiger charge is -2.28. The zero-order valence-corrected chi connectivity index (χ0v) is 15.6. The summed E-state index contributed by atoms with van der Waals surface area (Å²) in [6, 6.07) is 32.5. The standard InChI is InChI=1S/C23H20S2/c1-4-10-19(11-5-1)16-23(17-20-12-6-2-7-13-20)24-18-22(25-23)21-14-8-3-9-15-21/h1-15,18H,16-17H2. The van der Waals surface area contributed by atoms with Crippen molar-refractivity contribution >= 4 is 28.4 Å². The minimum atomic E-state index is 0.119. The molecule has 0 unspecified atom stereocenters. The van der Waals surface area contributed by atoms with Gasteiger partial charge in [0.1, 0.15) is 0 Å². The van der Waals surface area contributed by atoms with Crippen LogP contribution in [0.3, 0.4) is 0 Å². The fraction of sp³-hybridized carbons (Fsp3) is 0.130. The van der Waals surface area contributed by atoms with E-state index in [1.165, 1.54) is 21.6 Å². The molecule has 0 atom stereocenters. The third-order valence-corrected chi connectivity index (χ3v) is 7.36. The molecule has 1 heterocycles. The Morgan fingerprint density at radius 1 is 0.600 bits per heavy atom. The predicted octanol–water partition coefficient (Wildman–Crippen LogP) is 6.65. The highest BCUT2D eigenvalue weighted by atomic mass is 32.2. The summed E-state index contributed by atoms with van der Waals surface area (Å²) in [7, 11) is 0. The van der Waals surface area contributed by atoms with E-state index in [0.717, 1.165) is 12.8 Å². The second kappa shape index (κ2) is 7.55. The van der Waals surface area contributed by atoms with Crippen LogP contribution in [0.25, 0.3) is 4.91 Å². The van der Waals surface area contributed by atoms with E-state index in [4.69, 9.17) is 0 Å². The van der Waals surface area contributed by atoms with Gasteiger partial charge in [-0.15, -0.1) is 23.5 Å². The number of hydrogen-bond acceptors (Lipinski definition) is 2. The summed E-state index contributed by atoms with van der Waals surface area (Å²) in [4.78, 5) is 1.39. The molecular formula is C23H20S2. The molecule has 0 fully saturated rings. The third-order valence-electron chi connectivity index (χ3n) is 4.37. The van der Waals surface area contributed by atoms with E-state index in [0.29, 0.717) is 0 Å². The van der Waals surface area contributed by atoms with Crippen LogP contribution >= 0.6 is 23.5 Å². The fourth-order valence-corrected chi connectivity index (χ4v) is 6.20. The molecule has 3 aromatic carbocycles. The van der Waals surface area contributed by atoms with Gasteiger partial charge in [-0.2, -0.15) is 0 Å². The van der Waals surface area contributed by atoms with Crippen LogP contribution in [0.15, 0.2) is 96.4 Å². The minimum Gasteiger partial charge on any atom is -0.114 e. The van der Waals surface area contributed by atoms with Gasteiger partial charge in [-0.05, 0) is 34.9 Å². The molecule has 0 radical (unpaired) electrons. The van der Waals surface area contributed by atoms with Gasteiger partial charge in [-0.25, -0.2) is 0 Å². The Kier molecular flexibility index (Phi) is 5.00. The summed E-state index contributed by atoms with van der Waals surface area (Å²) >= 11 is 4.01. The Balaban J connectivity index is 1.61. The summed E-state index contributed by atoms with van der Waals surface area (Å²) in [5.41, 5.74) is 4.13. The highest BCUT2D eigenvalue weighted by molar-refractivity contribution is 8.27. The van der Waals surface area contributed by atoms with Gasteiger partial charge in [0.05, 0.1) is 4.08 Å². The molecule has 4 rings (SSSR count). The smallest absolute Gasteiger partial charge is 0.0780 e. The van der Waals surface area contributed by atoms with Gasteiger partial charge in [0.15, 0.2) is 0 Å². The van der Waals surface area contributed by atoms with Crippen molar-refractivity contribution in [2.75, 3.05) is 0 Å². The van der Waals surface area contributed by atoms with Crippen molar-refractivity contribution in [2.24, 2.45) is 0 Å². The van der Waals surface area contributed by atoms with Gasteiger partial charge in [-0.3, -0.25) is 0 Å². The van der Waals surface area contributed by atoms with Crippen LogP contribution in [-0.2, 0) is 12.8 Å². The van der Waals surface area contributed by atoms with Gasteiger partial charge in [-0.1, -0.05) is 91.0 Å². The summed E-state index contributed by atoms with van der Waals surface area (Å²) in [5, 5.41) is 2.35. The van der Waals surface area contributed by atoms with Crippen LogP contribution in [0.4, 0.5) is 0 Å². The van der Waals surface area contributed by atoms with Crippen molar-refractivity contribution in [1.82, 2.24) is 0 Å². The van der Waals surface area contributed by atoms with Crippen molar-refractivity contribution in [1.29, 1.82) is 0 Å². The highest BCUT2D eigenvalue weighted by Gasteiger charge is 2.37. The molecule has 2 heteroatoms. The quantitative estimate of drug-likeness (QED) is 0.500. The van der Waals surface area contributed by atoms with Crippen molar-refractivity contribution in [2.45, 2.75) is 16.9 Å². The number of benzene rings is 3. The summed E-state index contributed by atoms with van der Waals surface area (Å²) in [6.07, 6.45) is 2.12. The van der Waals surface area contributed by atoms with Crippen LogP contribution < -0.4 is 0 Å². The second-order valence-corrected chi connectivity index (χ2v) is 9.24. The number of rotatable bonds is 5. The fourth-order valence-electron chi connectivity index (χ4n) is 3.17.